The molecule has 0 fully saturated rings. The van der Waals surface area contributed by atoms with E-state index in [9.17, 15) is 13.2 Å². The third kappa shape index (κ3) is 6.06. The van der Waals surface area contributed by atoms with E-state index in [0.717, 1.165) is 42.2 Å². The van der Waals surface area contributed by atoms with Crippen LogP contribution < -0.4 is 14.4 Å². The van der Waals surface area contributed by atoms with Crippen LogP contribution in [0.3, 0.4) is 0 Å². The summed E-state index contributed by atoms with van der Waals surface area (Å²) >= 11 is 0. The number of methoxy groups -OCH3 is 1. The fourth-order valence-electron chi connectivity index (χ4n) is 3.78. The van der Waals surface area contributed by atoms with Crippen molar-refractivity contribution in [3.8, 4) is 5.75 Å². The second-order valence-corrected chi connectivity index (χ2v) is 11.0. The molecule has 2 aromatic rings. The second kappa shape index (κ2) is 10.6. The fraction of sp³-hybridized carbons (Fsp3) is 0.480. The van der Waals surface area contributed by atoms with Gasteiger partial charge in [-0.25, -0.2) is 4.31 Å². The van der Waals surface area contributed by atoms with Gasteiger partial charge in [-0.15, -0.1) is 0 Å². The first kappa shape index (κ1) is 26.7. The molecule has 0 aliphatic heterocycles. The molecule has 0 aromatic heterocycles. The van der Waals surface area contributed by atoms with Gasteiger partial charge in [0.05, 0.1) is 18.8 Å². The molecule has 1 N–H and O–H groups in total. The van der Waals surface area contributed by atoms with Gasteiger partial charge in [0.25, 0.3) is 0 Å². The molecule has 8 heteroatoms. The van der Waals surface area contributed by atoms with Crippen LogP contribution in [0.4, 0.5) is 5.69 Å². The minimum atomic E-state index is -3.87. The number of aryl methyl sites for hydroxylation is 3. The third-order valence-electron chi connectivity index (χ3n) is 5.74. The molecule has 7 nitrogen and oxygen atoms in total. The summed E-state index contributed by atoms with van der Waals surface area (Å²) < 4.78 is 34.0. The lowest BCUT2D eigenvalue weighted by Gasteiger charge is -2.29. The largest absolute Gasteiger partial charge is 0.496 e. The van der Waals surface area contributed by atoms with Crippen molar-refractivity contribution in [1.82, 2.24) is 9.62 Å². The summed E-state index contributed by atoms with van der Waals surface area (Å²) in [4.78, 5) is 13.1. The molecule has 0 aliphatic carbocycles. The maximum absolute atomic E-state index is 13.1. The van der Waals surface area contributed by atoms with Crippen molar-refractivity contribution in [2.24, 2.45) is 0 Å². The van der Waals surface area contributed by atoms with Crippen molar-refractivity contribution in [1.29, 1.82) is 0 Å². The average Bonchev–Trinajstić information content (AvgIpc) is 2.72. The molecule has 2 rings (SSSR count). The van der Waals surface area contributed by atoms with Crippen LogP contribution in [-0.4, -0.2) is 46.4 Å². The number of nitrogens with zero attached hydrogens (tertiary/aromatic N) is 2. The van der Waals surface area contributed by atoms with Crippen LogP contribution in [0.25, 0.3) is 0 Å². The molecule has 0 bridgehead atoms. The number of hydrogen-bond acceptors (Lipinski definition) is 4. The highest BCUT2D eigenvalue weighted by Gasteiger charge is 2.29. The Bertz CT molecular complexity index is 1110. The molecule has 0 saturated heterocycles. The number of anilines is 1. The van der Waals surface area contributed by atoms with Gasteiger partial charge in [0.1, 0.15) is 12.3 Å². The van der Waals surface area contributed by atoms with E-state index in [1.807, 2.05) is 45.9 Å². The summed E-state index contributed by atoms with van der Waals surface area (Å²) in [5.74, 6) is 0.699. The molecule has 0 aliphatic rings. The van der Waals surface area contributed by atoms with Gasteiger partial charge in [0.2, 0.25) is 5.91 Å². The van der Waals surface area contributed by atoms with Crippen molar-refractivity contribution < 1.29 is 17.9 Å². The van der Waals surface area contributed by atoms with E-state index >= 15 is 0 Å². The number of rotatable bonds is 9. The maximum atomic E-state index is 13.1. The highest BCUT2D eigenvalue weighted by Crippen LogP contribution is 2.32. The van der Waals surface area contributed by atoms with Gasteiger partial charge >= 0.3 is 10.2 Å². The molecule has 0 spiro atoms. The van der Waals surface area contributed by atoms with Crippen LogP contribution >= 0.6 is 0 Å². The van der Waals surface area contributed by atoms with Crippen LogP contribution in [0, 0.1) is 20.8 Å². The summed E-state index contributed by atoms with van der Waals surface area (Å²) in [5, 5.41) is 2.98. The minimum Gasteiger partial charge on any atom is -0.496 e. The van der Waals surface area contributed by atoms with Crippen LogP contribution in [0.2, 0.25) is 0 Å². The predicted molar refractivity (Wildman–Crippen MR) is 134 cm³/mol. The molecule has 0 unspecified atom stereocenters. The molecule has 0 heterocycles. The van der Waals surface area contributed by atoms with Crippen molar-refractivity contribution in [3.05, 3.63) is 58.1 Å². The maximum Gasteiger partial charge on any atom is 0.304 e. The lowest BCUT2D eigenvalue weighted by Crippen LogP contribution is -2.46. The van der Waals surface area contributed by atoms with E-state index in [4.69, 9.17) is 4.74 Å². The Kier molecular flexibility index (Phi) is 8.54. The van der Waals surface area contributed by atoms with E-state index in [1.165, 1.54) is 14.1 Å². The standard InChI is InChI=1S/C25H37N3O4S/c1-16(2)21-14-22(19(5)13-24(21)32-9)20(6)26-25(29)15-28(33(30,31)27(7)8)23-12-17(3)10-11-18(23)4/h10-14,16,20H,15H2,1-9H3,(H,26,29)/t20-/m0/s1. The number of carbonyl (C=O) groups is 1. The van der Waals surface area contributed by atoms with Crippen LogP contribution in [0.15, 0.2) is 30.3 Å². The average molecular weight is 476 g/mol. The van der Waals surface area contributed by atoms with Gasteiger partial charge in [-0.2, -0.15) is 12.7 Å². The van der Waals surface area contributed by atoms with Crippen LogP contribution in [-0.2, 0) is 15.0 Å². The van der Waals surface area contributed by atoms with Crippen molar-refractivity contribution >= 4 is 21.8 Å². The zero-order valence-corrected chi connectivity index (χ0v) is 22.0. The van der Waals surface area contributed by atoms with Gasteiger partial charge in [-0.05, 0) is 79.6 Å². The molecule has 1 atom stereocenters. The summed E-state index contributed by atoms with van der Waals surface area (Å²) in [7, 11) is 0.700. The zero-order valence-electron chi connectivity index (χ0n) is 21.2. The van der Waals surface area contributed by atoms with Gasteiger partial charge in [-0.1, -0.05) is 26.0 Å². The van der Waals surface area contributed by atoms with E-state index in [1.54, 1.807) is 13.2 Å². The monoisotopic (exact) mass is 475 g/mol. The number of hydrogen-bond donors (Lipinski definition) is 1. The Morgan fingerprint density at radius 2 is 1.64 bits per heavy atom. The highest BCUT2D eigenvalue weighted by atomic mass is 32.2. The van der Waals surface area contributed by atoms with Gasteiger partial charge in [-0.3, -0.25) is 4.79 Å². The number of nitrogens with one attached hydrogen (secondary N) is 1. The lowest BCUT2D eigenvalue weighted by atomic mass is 9.93. The summed E-state index contributed by atoms with van der Waals surface area (Å²) in [6.45, 7) is 11.5. The molecular formula is C25H37N3O4S. The van der Waals surface area contributed by atoms with E-state index in [0.29, 0.717) is 5.69 Å². The highest BCUT2D eigenvalue weighted by molar-refractivity contribution is 7.90. The zero-order chi connectivity index (χ0) is 25.1. The quantitative estimate of drug-likeness (QED) is 0.589. The molecule has 33 heavy (non-hydrogen) atoms. The lowest BCUT2D eigenvalue weighted by molar-refractivity contribution is -0.120. The summed E-state index contributed by atoms with van der Waals surface area (Å²) in [6, 6.07) is 9.30. The first-order chi connectivity index (χ1) is 15.3. The van der Waals surface area contributed by atoms with Gasteiger partial charge in [0, 0.05) is 14.1 Å². The Labute approximate surface area is 198 Å². The van der Waals surface area contributed by atoms with Crippen LogP contribution in [0.5, 0.6) is 5.75 Å². The molecule has 0 radical (unpaired) electrons. The van der Waals surface area contributed by atoms with Crippen molar-refractivity contribution in [2.75, 3.05) is 32.1 Å². The molecule has 0 saturated carbocycles. The Morgan fingerprint density at radius 3 is 2.18 bits per heavy atom. The Morgan fingerprint density at radius 1 is 1.00 bits per heavy atom. The number of carbonyl (C=O) groups excluding carboxylic acids is 1. The topological polar surface area (TPSA) is 79.0 Å². The third-order valence-corrected chi connectivity index (χ3v) is 7.55. The fourth-order valence-corrected chi connectivity index (χ4v) is 4.90. The summed E-state index contributed by atoms with van der Waals surface area (Å²) in [6.07, 6.45) is 0. The normalized spacial score (nSPS) is 12.7. The Balaban J connectivity index is 2.36. The predicted octanol–water partition coefficient (Wildman–Crippen LogP) is 4.23. The number of benzene rings is 2. The van der Waals surface area contributed by atoms with Crippen molar-refractivity contribution in [3.63, 3.8) is 0 Å². The molecule has 182 valence electrons. The van der Waals surface area contributed by atoms with E-state index in [-0.39, 0.29) is 24.4 Å². The number of ether oxygens (including phenoxy) is 1. The minimum absolute atomic E-state index is 0.257. The van der Waals surface area contributed by atoms with Crippen LogP contribution in [0.1, 0.15) is 60.5 Å². The molecule has 1 amide bonds. The molecular weight excluding hydrogens is 438 g/mol. The first-order valence-electron chi connectivity index (χ1n) is 11.0. The number of amides is 1. The first-order valence-corrected chi connectivity index (χ1v) is 12.4. The smallest absolute Gasteiger partial charge is 0.304 e. The molecule has 2 aromatic carbocycles. The summed E-state index contributed by atoms with van der Waals surface area (Å²) in [5.41, 5.74) is 5.22. The van der Waals surface area contributed by atoms with Gasteiger partial charge < -0.3 is 10.1 Å². The van der Waals surface area contributed by atoms with E-state index < -0.39 is 10.2 Å². The van der Waals surface area contributed by atoms with Crippen molar-refractivity contribution in [2.45, 2.75) is 53.5 Å². The SMILES string of the molecule is COc1cc(C)c([C@H](C)NC(=O)CN(c2cc(C)ccc2C)S(=O)(=O)N(C)C)cc1C(C)C. The van der Waals surface area contributed by atoms with E-state index in [2.05, 4.69) is 25.2 Å². The second-order valence-electron chi connectivity index (χ2n) is 8.98. The Hall–Kier alpha value is -2.58. The van der Waals surface area contributed by atoms with Gasteiger partial charge in [0.15, 0.2) is 0 Å².